The molecule has 0 aliphatic carbocycles. The second-order valence-electron chi connectivity index (χ2n) is 5.76. The van der Waals surface area contributed by atoms with Crippen molar-refractivity contribution in [2.45, 2.75) is 33.4 Å². The third kappa shape index (κ3) is 4.52. The molecule has 1 aromatic rings. The van der Waals surface area contributed by atoms with E-state index in [1.54, 1.807) is 7.05 Å². The van der Waals surface area contributed by atoms with Gasteiger partial charge in [-0.15, -0.1) is 24.0 Å². The van der Waals surface area contributed by atoms with Gasteiger partial charge < -0.3 is 10.2 Å². The van der Waals surface area contributed by atoms with Gasteiger partial charge >= 0.3 is 6.55 Å². The molecule has 120 valence electrons. The highest BCUT2D eigenvalue weighted by atomic mass is 127. The van der Waals surface area contributed by atoms with Crippen LogP contribution in [0.1, 0.15) is 32.6 Å². The van der Waals surface area contributed by atoms with Crippen LogP contribution in [-0.2, 0) is 6.54 Å². The van der Waals surface area contributed by atoms with E-state index < -0.39 is 6.55 Å². The zero-order valence-electron chi connectivity index (χ0n) is 12.5. The van der Waals surface area contributed by atoms with Crippen LogP contribution in [0.25, 0.3) is 0 Å². The van der Waals surface area contributed by atoms with Crippen LogP contribution >= 0.6 is 24.0 Å². The number of aromatic nitrogens is 2. The molecule has 2 heterocycles. The first-order valence-electron chi connectivity index (χ1n) is 6.68. The summed E-state index contributed by atoms with van der Waals surface area (Å²) >= 11 is 0. The summed E-state index contributed by atoms with van der Waals surface area (Å²) in [6, 6.07) is 0. The van der Waals surface area contributed by atoms with Gasteiger partial charge in [-0.3, -0.25) is 9.56 Å². The molecule has 2 rings (SSSR count). The SMILES string of the molecule is CN=C(NCc1nccn1C(F)F)N1CCC(C)(C)C1.I. The van der Waals surface area contributed by atoms with E-state index in [9.17, 15) is 8.78 Å². The van der Waals surface area contributed by atoms with Crippen LogP contribution in [0.2, 0.25) is 0 Å². The molecular formula is C13H22F2IN5. The van der Waals surface area contributed by atoms with Gasteiger partial charge in [-0.2, -0.15) is 8.78 Å². The number of alkyl halides is 2. The first kappa shape index (κ1) is 18.1. The Morgan fingerprint density at radius 3 is 2.76 bits per heavy atom. The van der Waals surface area contributed by atoms with Crippen molar-refractivity contribution in [2.75, 3.05) is 20.1 Å². The minimum atomic E-state index is -2.57. The average Bonchev–Trinajstić information content (AvgIpc) is 2.97. The molecule has 5 nitrogen and oxygen atoms in total. The maximum Gasteiger partial charge on any atom is 0.319 e. The number of likely N-dealkylation sites (tertiary alicyclic amines) is 1. The van der Waals surface area contributed by atoms with E-state index in [0.29, 0.717) is 5.82 Å². The Morgan fingerprint density at radius 1 is 1.52 bits per heavy atom. The van der Waals surface area contributed by atoms with Gasteiger partial charge in [0.1, 0.15) is 5.82 Å². The first-order chi connectivity index (χ1) is 9.43. The van der Waals surface area contributed by atoms with Crippen molar-refractivity contribution >= 4 is 29.9 Å². The van der Waals surface area contributed by atoms with E-state index >= 15 is 0 Å². The van der Waals surface area contributed by atoms with Gasteiger partial charge in [-0.1, -0.05) is 13.8 Å². The number of guanidine groups is 1. The molecule has 8 heteroatoms. The largest absolute Gasteiger partial charge is 0.349 e. The Bertz CT molecular complexity index is 487. The molecule has 1 N–H and O–H groups in total. The third-order valence-corrected chi connectivity index (χ3v) is 3.55. The molecule has 0 radical (unpaired) electrons. The second kappa shape index (κ2) is 7.37. The molecule has 1 fully saturated rings. The minimum Gasteiger partial charge on any atom is -0.349 e. The summed E-state index contributed by atoms with van der Waals surface area (Å²) in [6.45, 7) is 3.93. The smallest absolute Gasteiger partial charge is 0.319 e. The van der Waals surface area contributed by atoms with Crippen molar-refractivity contribution in [1.29, 1.82) is 0 Å². The van der Waals surface area contributed by atoms with Crippen LogP contribution in [0, 0.1) is 5.41 Å². The Morgan fingerprint density at radius 2 is 2.24 bits per heavy atom. The molecule has 0 bridgehead atoms. The zero-order chi connectivity index (χ0) is 14.8. The van der Waals surface area contributed by atoms with Crippen molar-refractivity contribution in [3.8, 4) is 0 Å². The number of aliphatic imine (C=N–C) groups is 1. The van der Waals surface area contributed by atoms with Crippen LogP contribution in [0.5, 0.6) is 0 Å². The van der Waals surface area contributed by atoms with Crippen LogP contribution in [0.3, 0.4) is 0 Å². The molecule has 21 heavy (non-hydrogen) atoms. The summed E-state index contributed by atoms with van der Waals surface area (Å²) in [7, 11) is 1.70. The van der Waals surface area contributed by atoms with E-state index in [1.165, 1.54) is 12.4 Å². The van der Waals surface area contributed by atoms with E-state index in [4.69, 9.17) is 0 Å². The molecule has 0 saturated carbocycles. The van der Waals surface area contributed by atoms with E-state index in [0.717, 1.165) is 30.0 Å². The number of nitrogens with one attached hydrogen (secondary N) is 1. The van der Waals surface area contributed by atoms with E-state index in [1.807, 2.05) is 0 Å². The summed E-state index contributed by atoms with van der Waals surface area (Å²) in [5.74, 6) is 1.04. The van der Waals surface area contributed by atoms with Crippen molar-refractivity contribution < 1.29 is 8.78 Å². The van der Waals surface area contributed by atoms with Gasteiger partial charge in [0, 0.05) is 32.5 Å². The lowest BCUT2D eigenvalue weighted by Crippen LogP contribution is -2.40. The minimum absolute atomic E-state index is 0. The highest BCUT2D eigenvalue weighted by Gasteiger charge is 2.30. The third-order valence-electron chi connectivity index (χ3n) is 3.55. The monoisotopic (exact) mass is 413 g/mol. The number of halogens is 3. The summed E-state index contributed by atoms with van der Waals surface area (Å²) in [6.07, 6.45) is 3.76. The number of imidazole rings is 1. The quantitative estimate of drug-likeness (QED) is 0.471. The van der Waals surface area contributed by atoms with Gasteiger partial charge in [-0.05, 0) is 11.8 Å². The summed E-state index contributed by atoms with van der Waals surface area (Å²) in [5.41, 5.74) is 0.263. The highest BCUT2D eigenvalue weighted by molar-refractivity contribution is 14.0. The average molecular weight is 413 g/mol. The lowest BCUT2D eigenvalue weighted by molar-refractivity contribution is 0.0668. The molecule has 0 aromatic carbocycles. The normalized spacial score (nSPS) is 18.0. The first-order valence-corrected chi connectivity index (χ1v) is 6.68. The summed E-state index contributed by atoms with van der Waals surface area (Å²) in [5, 5.41) is 3.11. The Balaban J connectivity index is 0.00000220. The van der Waals surface area contributed by atoms with E-state index in [-0.39, 0.29) is 35.9 Å². The summed E-state index contributed by atoms with van der Waals surface area (Å²) in [4.78, 5) is 10.3. The molecule has 1 aliphatic rings. The molecular weight excluding hydrogens is 391 g/mol. The van der Waals surface area contributed by atoms with E-state index in [2.05, 4.69) is 34.0 Å². The molecule has 0 amide bonds. The van der Waals surface area contributed by atoms with Crippen LogP contribution in [0.15, 0.2) is 17.4 Å². The molecule has 0 unspecified atom stereocenters. The van der Waals surface area contributed by atoms with Crippen LogP contribution in [0.4, 0.5) is 8.78 Å². The number of nitrogens with zero attached hydrogens (tertiary/aromatic N) is 4. The predicted molar refractivity (Wildman–Crippen MR) is 89.1 cm³/mol. The zero-order valence-corrected chi connectivity index (χ0v) is 14.8. The maximum atomic E-state index is 12.7. The number of hydrogen-bond acceptors (Lipinski definition) is 2. The Labute approximate surface area is 140 Å². The van der Waals surface area contributed by atoms with Gasteiger partial charge in [0.25, 0.3) is 0 Å². The summed E-state index contributed by atoms with van der Waals surface area (Å²) < 4.78 is 26.3. The van der Waals surface area contributed by atoms with Crippen LogP contribution in [-0.4, -0.2) is 40.5 Å². The fraction of sp³-hybridized carbons (Fsp3) is 0.692. The Kier molecular flexibility index (Phi) is 6.36. The second-order valence-corrected chi connectivity index (χ2v) is 5.76. The van der Waals surface area contributed by atoms with Gasteiger partial charge in [0.2, 0.25) is 0 Å². The van der Waals surface area contributed by atoms with Gasteiger partial charge in [0.05, 0.1) is 6.54 Å². The fourth-order valence-corrected chi connectivity index (χ4v) is 2.44. The van der Waals surface area contributed by atoms with Crippen molar-refractivity contribution in [1.82, 2.24) is 19.8 Å². The standard InChI is InChI=1S/C13H21F2N5.HI/c1-13(2)4-6-19(9-13)12(16-3)18-8-10-17-5-7-20(10)11(14)15;/h5,7,11H,4,6,8-9H2,1-3H3,(H,16,18);1H. The molecule has 0 atom stereocenters. The predicted octanol–water partition coefficient (Wildman–Crippen LogP) is 2.70. The number of hydrogen-bond donors (Lipinski definition) is 1. The molecule has 1 saturated heterocycles. The van der Waals surface area contributed by atoms with Gasteiger partial charge in [0.15, 0.2) is 5.96 Å². The molecule has 1 aliphatic heterocycles. The van der Waals surface area contributed by atoms with Crippen molar-refractivity contribution in [3.63, 3.8) is 0 Å². The number of rotatable bonds is 3. The molecule has 1 aromatic heterocycles. The highest BCUT2D eigenvalue weighted by Crippen LogP contribution is 2.28. The maximum absolute atomic E-state index is 12.7. The van der Waals surface area contributed by atoms with Crippen molar-refractivity contribution in [3.05, 3.63) is 18.2 Å². The van der Waals surface area contributed by atoms with Gasteiger partial charge in [-0.25, -0.2) is 4.98 Å². The van der Waals surface area contributed by atoms with Crippen molar-refractivity contribution in [2.24, 2.45) is 10.4 Å². The lowest BCUT2D eigenvalue weighted by atomic mass is 9.93. The lowest BCUT2D eigenvalue weighted by Gasteiger charge is -2.23. The molecule has 0 spiro atoms. The topological polar surface area (TPSA) is 45.5 Å². The fourth-order valence-electron chi connectivity index (χ4n) is 2.44. The Hall–Kier alpha value is -0.930. The van der Waals surface area contributed by atoms with Crippen LogP contribution < -0.4 is 5.32 Å².